The summed E-state index contributed by atoms with van der Waals surface area (Å²) in [6.07, 6.45) is 0. The molecule has 0 radical (unpaired) electrons. The normalized spacial score (nSPS) is 11.4. The average molecular weight is 294 g/mol. The van der Waals surface area contributed by atoms with E-state index >= 15 is 0 Å². The third-order valence-corrected chi connectivity index (χ3v) is 3.48. The van der Waals surface area contributed by atoms with Crippen LogP contribution in [0.3, 0.4) is 0 Å². The lowest BCUT2D eigenvalue weighted by molar-refractivity contribution is 0.592. The number of hydrogen-bond donors (Lipinski definition) is 1. The summed E-state index contributed by atoms with van der Waals surface area (Å²) < 4.78 is 0. The fourth-order valence-corrected chi connectivity index (χ4v) is 2.44. The molecule has 0 heterocycles. The topological polar surface area (TPSA) is 12.0 Å². The van der Waals surface area contributed by atoms with E-state index < -0.39 is 0 Å². The molecule has 1 N–H and O–H groups in total. The second-order valence-corrected chi connectivity index (χ2v) is 6.39. The third-order valence-electron chi connectivity index (χ3n) is 2.94. The Hall–Kier alpha value is -1.18. The van der Waals surface area contributed by atoms with E-state index in [1.165, 1.54) is 5.56 Å². The van der Waals surface area contributed by atoms with E-state index in [1.807, 2.05) is 18.2 Å². The van der Waals surface area contributed by atoms with Crippen LogP contribution in [0.2, 0.25) is 10.0 Å². The Labute approximate surface area is 124 Å². The first-order valence-corrected chi connectivity index (χ1v) is 6.95. The molecule has 0 aliphatic heterocycles. The Morgan fingerprint density at radius 1 is 0.895 bits per heavy atom. The molecule has 2 rings (SSSR count). The lowest BCUT2D eigenvalue weighted by Gasteiger charge is -2.23. The van der Waals surface area contributed by atoms with E-state index in [-0.39, 0.29) is 5.41 Å². The molecule has 0 fully saturated rings. The maximum Gasteiger partial charge on any atom is 0.0655 e. The molecule has 0 saturated carbocycles. The van der Waals surface area contributed by atoms with Crippen LogP contribution in [-0.4, -0.2) is 0 Å². The average Bonchev–Trinajstić information content (AvgIpc) is 2.32. The second-order valence-electron chi connectivity index (χ2n) is 5.54. The van der Waals surface area contributed by atoms with Gasteiger partial charge in [-0.3, -0.25) is 0 Å². The summed E-state index contributed by atoms with van der Waals surface area (Å²) >= 11 is 12.1. The molecule has 100 valence electrons. The van der Waals surface area contributed by atoms with Crippen molar-refractivity contribution in [2.45, 2.75) is 26.2 Å². The van der Waals surface area contributed by atoms with Crippen molar-refractivity contribution < 1.29 is 0 Å². The van der Waals surface area contributed by atoms with Crippen LogP contribution in [0.1, 0.15) is 26.3 Å². The van der Waals surface area contributed by atoms with Crippen molar-refractivity contribution in [2.24, 2.45) is 0 Å². The predicted octanol–water partition coefficient (Wildman–Crippen LogP) is 6.03. The molecule has 0 spiro atoms. The molecule has 0 amide bonds. The van der Waals surface area contributed by atoms with E-state index in [9.17, 15) is 0 Å². The fraction of sp³-hybridized carbons (Fsp3) is 0.250. The number of halogens is 2. The molecule has 0 aromatic heterocycles. The Morgan fingerprint density at radius 2 is 1.58 bits per heavy atom. The van der Waals surface area contributed by atoms with Crippen LogP contribution >= 0.6 is 23.2 Å². The smallest absolute Gasteiger partial charge is 0.0655 e. The van der Waals surface area contributed by atoms with Crippen molar-refractivity contribution in [1.29, 1.82) is 0 Å². The van der Waals surface area contributed by atoms with Gasteiger partial charge in [-0.2, -0.15) is 0 Å². The molecule has 0 aliphatic rings. The summed E-state index contributed by atoms with van der Waals surface area (Å²) in [6.45, 7) is 6.57. The Morgan fingerprint density at radius 3 is 2.21 bits per heavy atom. The quantitative estimate of drug-likeness (QED) is 0.712. The molecule has 0 saturated heterocycles. The van der Waals surface area contributed by atoms with E-state index in [1.54, 1.807) is 6.07 Å². The summed E-state index contributed by atoms with van der Waals surface area (Å²) in [5.41, 5.74) is 3.26. The minimum Gasteiger partial charge on any atom is -0.354 e. The standard InChI is InChI=1S/C16H17Cl2N/c1-16(2,3)12-6-4-5-7-14(12)19-15-9-8-11(17)10-13(15)18/h4-10,19H,1-3H3. The van der Waals surface area contributed by atoms with Crippen molar-refractivity contribution in [2.75, 3.05) is 5.32 Å². The summed E-state index contributed by atoms with van der Waals surface area (Å²) in [5.74, 6) is 0. The highest BCUT2D eigenvalue weighted by atomic mass is 35.5. The molecule has 2 aromatic carbocycles. The summed E-state index contributed by atoms with van der Waals surface area (Å²) in [4.78, 5) is 0. The van der Waals surface area contributed by atoms with Crippen LogP contribution in [0.15, 0.2) is 42.5 Å². The number of hydrogen-bond acceptors (Lipinski definition) is 1. The number of para-hydroxylation sites is 1. The lowest BCUT2D eigenvalue weighted by atomic mass is 9.86. The number of anilines is 2. The van der Waals surface area contributed by atoms with Crippen molar-refractivity contribution >= 4 is 34.6 Å². The molecular formula is C16H17Cl2N. The van der Waals surface area contributed by atoms with Crippen LogP contribution in [-0.2, 0) is 5.41 Å². The van der Waals surface area contributed by atoms with E-state index in [2.05, 4.69) is 44.3 Å². The van der Waals surface area contributed by atoms with Gasteiger partial charge in [0.2, 0.25) is 0 Å². The molecule has 1 nitrogen and oxygen atoms in total. The predicted molar refractivity (Wildman–Crippen MR) is 84.9 cm³/mol. The number of nitrogens with one attached hydrogen (secondary N) is 1. The fourth-order valence-electron chi connectivity index (χ4n) is 1.98. The van der Waals surface area contributed by atoms with Gasteiger partial charge < -0.3 is 5.32 Å². The van der Waals surface area contributed by atoms with Crippen LogP contribution < -0.4 is 5.32 Å². The summed E-state index contributed by atoms with van der Waals surface area (Å²) in [6, 6.07) is 13.7. The molecule has 0 unspecified atom stereocenters. The Kier molecular flexibility index (Phi) is 4.07. The van der Waals surface area contributed by atoms with Gasteiger partial charge >= 0.3 is 0 Å². The van der Waals surface area contributed by atoms with Crippen LogP contribution in [0.25, 0.3) is 0 Å². The zero-order valence-electron chi connectivity index (χ0n) is 11.3. The summed E-state index contributed by atoms with van der Waals surface area (Å²) in [7, 11) is 0. The van der Waals surface area contributed by atoms with Gasteiger partial charge in [-0.25, -0.2) is 0 Å². The maximum absolute atomic E-state index is 6.20. The molecular weight excluding hydrogens is 277 g/mol. The largest absolute Gasteiger partial charge is 0.354 e. The maximum atomic E-state index is 6.20. The summed E-state index contributed by atoms with van der Waals surface area (Å²) in [5, 5.41) is 4.64. The van der Waals surface area contributed by atoms with Crippen molar-refractivity contribution in [3.63, 3.8) is 0 Å². The van der Waals surface area contributed by atoms with Gasteiger partial charge in [0, 0.05) is 10.7 Å². The minimum atomic E-state index is 0.0719. The number of rotatable bonds is 2. The van der Waals surface area contributed by atoms with E-state index in [4.69, 9.17) is 23.2 Å². The highest BCUT2D eigenvalue weighted by Crippen LogP contribution is 2.34. The first-order valence-electron chi connectivity index (χ1n) is 6.19. The third kappa shape index (κ3) is 3.43. The van der Waals surface area contributed by atoms with Crippen LogP contribution in [0, 0.1) is 0 Å². The van der Waals surface area contributed by atoms with E-state index in [0.29, 0.717) is 10.0 Å². The highest BCUT2D eigenvalue weighted by Gasteiger charge is 2.17. The lowest BCUT2D eigenvalue weighted by Crippen LogP contribution is -2.13. The molecule has 2 aromatic rings. The Bertz CT molecular complexity index is 586. The minimum absolute atomic E-state index is 0.0719. The van der Waals surface area contributed by atoms with Gasteiger partial charge in [0.1, 0.15) is 0 Å². The second kappa shape index (κ2) is 5.44. The molecule has 0 bridgehead atoms. The highest BCUT2D eigenvalue weighted by molar-refractivity contribution is 6.36. The van der Waals surface area contributed by atoms with Gasteiger partial charge in [-0.05, 0) is 35.2 Å². The first kappa shape index (κ1) is 14.2. The van der Waals surface area contributed by atoms with Gasteiger partial charge in [0.15, 0.2) is 0 Å². The molecule has 0 atom stereocenters. The molecule has 0 aliphatic carbocycles. The van der Waals surface area contributed by atoms with Gasteiger partial charge in [0.25, 0.3) is 0 Å². The van der Waals surface area contributed by atoms with Gasteiger partial charge in [-0.15, -0.1) is 0 Å². The Balaban J connectivity index is 2.39. The van der Waals surface area contributed by atoms with Crippen molar-refractivity contribution in [1.82, 2.24) is 0 Å². The molecule has 3 heteroatoms. The van der Waals surface area contributed by atoms with Crippen LogP contribution in [0.4, 0.5) is 11.4 Å². The monoisotopic (exact) mass is 293 g/mol. The van der Waals surface area contributed by atoms with Crippen LogP contribution in [0.5, 0.6) is 0 Å². The SMILES string of the molecule is CC(C)(C)c1ccccc1Nc1ccc(Cl)cc1Cl. The van der Waals surface area contributed by atoms with Gasteiger partial charge in [-0.1, -0.05) is 62.2 Å². The zero-order valence-corrected chi connectivity index (χ0v) is 12.8. The van der Waals surface area contributed by atoms with Crippen molar-refractivity contribution in [3.8, 4) is 0 Å². The molecule has 19 heavy (non-hydrogen) atoms. The number of benzene rings is 2. The van der Waals surface area contributed by atoms with Crippen molar-refractivity contribution in [3.05, 3.63) is 58.1 Å². The van der Waals surface area contributed by atoms with E-state index in [0.717, 1.165) is 11.4 Å². The van der Waals surface area contributed by atoms with Gasteiger partial charge in [0.05, 0.1) is 10.7 Å². The first-order chi connectivity index (χ1) is 8.88. The zero-order chi connectivity index (χ0) is 14.0.